The molecule has 3 N–H and O–H groups in total. The minimum absolute atomic E-state index is 0. The number of thioether (sulfide) groups is 2. The van der Waals surface area contributed by atoms with Crippen LogP contribution in [-0.2, 0) is 28.6 Å². The van der Waals surface area contributed by atoms with Gasteiger partial charge in [-0.15, -0.1) is 23.5 Å². The first kappa shape index (κ1) is 52.4. The number of esters is 2. The summed E-state index contributed by atoms with van der Waals surface area (Å²) in [4.78, 5) is 29.9. The van der Waals surface area contributed by atoms with Crippen LogP contribution in [0.3, 0.4) is 0 Å². The van der Waals surface area contributed by atoms with Crippen molar-refractivity contribution in [1.29, 1.82) is 0 Å². The normalized spacial score (nSPS) is 11.9. The molecular formula is C18H30F9NaO9S3. The molecule has 1 fully saturated rings. The molecule has 1 heterocycles. The molecule has 0 aromatic heterocycles. The molecule has 1 saturated heterocycles. The smallest absolute Gasteiger partial charge is 0.870 e. The van der Waals surface area contributed by atoms with Crippen molar-refractivity contribution >= 4 is 54.1 Å². The number of carbonyl (C=O) groups excluding carboxylic acids is 2. The van der Waals surface area contributed by atoms with Gasteiger partial charge >= 0.3 is 66.0 Å². The van der Waals surface area contributed by atoms with E-state index in [-0.39, 0.29) is 52.5 Å². The van der Waals surface area contributed by atoms with Gasteiger partial charge in [-0.05, 0) is 12.8 Å². The first-order chi connectivity index (χ1) is 17.2. The number of rotatable bonds is 7. The Bertz CT molecular complexity index is 596. The molecule has 1 rings (SSSR count). The molecule has 0 aromatic carbocycles. The van der Waals surface area contributed by atoms with Gasteiger partial charge < -0.3 is 29.9 Å². The largest absolute Gasteiger partial charge is 1.00 e. The van der Waals surface area contributed by atoms with E-state index in [0.29, 0.717) is 23.5 Å². The van der Waals surface area contributed by atoms with Crippen LogP contribution in [0.25, 0.3) is 0 Å². The average molecular weight is 681 g/mol. The molecule has 0 saturated carbocycles. The quantitative estimate of drug-likeness (QED) is 0.154. The molecule has 1 aliphatic rings. The monoisotopic (exact) mass is 680 g/mol. The van der Waals surface area contributed by atoms with Gasteiger partial charge in [-0.25, -0.2) is 0 Å². The van der Waals surface area contributed by atoms with Crippen molar-refractivity contribution in [2.24, 2.45) is 0 Å². The summed E-state index contributed by atoms with van der Waals surface area (Å²) in [5.41, 5.74) is 0. The van der Waals surface area contributed by atoms with Crippen LogP contribution in [0.4, 0.5) is 39.5 Å². The molecule has 22 heteroatoms. The molecule has 9 nitrogen and oxygen atoms in total. The van der Waals surface area contributed by atoms with Gasteiger partial charge in [0, 0.05) is 13.2 Å². The second kappa shape index (κ2) is 31.6. The maximum absolute atomic E-state index is 11.4. The van der Waals surface area contributed by atoms with Crippen LogP contribution in [0.1, 0.15) is 12.8 Å². The molecule has 0 spiro atoms. The summed E-state index contributed by atoms with van der Waals surface area (Å²) in [6.07, 6.45) is -10.3. The Labute approximate surface area is 260 Å². The summed E-state index contributed by atoms with van der Waals surface area (Å²) in [6, 6.07) is 0. The average Bonchev–Trinajstić information content (AvgIpc) is 3.37. The summed E-state index contributed by atoms with van der Waals surface area (Å²) in [7, 11) is 2.47. The minimum atomic E-state index is -4.40. The molecule has 0 aliphatic carbocycles. The zero-order valence-electron chi connectivity index (χ0n) is 21.5. The molecule has 0 amide bonds. The fourth-order valence-corrected chi connectivity index (χ4v) is 2.39. The number of halogens is 9. The number of aliphatic hydroxyl groups is 1. The molecule has 238 valence electrons. The van der Waals surface area contributed by atoms with Crippen LogP contribution < -0.4 is 29.6 Å². The van der Waals surface area contributed by atoms with Crippen molar-refractivity contribution in [2.45, 2.75) is 31.4 Å². The van der Waals surface area contributed by atoms with Gasteiger partial charge in [-0.3, -0.25) is 14.4 Å². The molecule has 0 atom stereocenters. The number of hydrogen-bond donors (Lipinski definition) is 3. The second-order valence-electron chi connectivity index (χ2n) is 6.01. The SMILES string of the molecule is C1CCOC1.COC(=O)CS.COC(=O)CSCC(F)(F)F.O=C(O)CSCC(F)(F)F.OCC(F)(F)F.[Na+].[OH-]. The maximum Gasteiger partial charge on any atom is 1.00 e. The van der Waals surface area contributed by atoms with Gasteiger partial charge in [0.05, 0.1) is 43.0 Å². The van der Waals surface area contributed by atoms with E-state index in [1.165, 1.54) is 20.0 Å². The van der Waals surface area contributed by atoms with Gasteiger partial charge in [-0.2, -0.15) is 52.1 Å². The number of hydrogen-bond acceptors (Lipinski definition) is 11. The Morgan fingerprint density at radius 3 is 1.32 bits per heavy atom. The zero-order valence-corrected chi connectivity index (χ0v) is 26.1. The van der Waals surface area contributed by atoms with E-state index in [9.17, 15) is 53.9 Å². The predicted molar refractivity (Wildman–Crippen MR) is 127 cm³/mol. The molecule has 0 radical (unpaired) electrons. The Balaban J connectivity index is -0.0000000920. The molecule has 0 unspecified atom stereocenters. The van der Waals surface area contributed by atoms with Crippen molar-refractivity contribution < 1.29 is 113 Å². The van der Waals surface area contributed by atoms with E-state index in [4.69, 9.17) is 14.9 Å². The third-order valence-electron chi connectivity index (χ3n) is 2.57. The van der Waals surface area contributed by atoms with E-state index >= 15 is 0 Å². The van der Waals surface area contributed by atoms with Gasteiger partial charge in [0.15, 0.2) is 0 Å². The summed E-state index contributed by atoms with van der Waals surface area (Å²) in [5.74, 6) is -4.86. The van der Waals surface area contributed by atoms with Gasteiger partial charge in [0.25, 0.3) is 0 Å². The van der Waals surface area contributed by atoms with E-state index in [0.717, 1.165) is 20.3 Å². The van der Waals surface area contributed by atoms with E-state index in [2.05, 4.69) is 22.1 Å². The first-order valence-electron chi connectivity index (χ1n) is 9.75. The number of aliphatic hydroxyl groups excluding tert-OH is 1. The fourth-order valence-electron chi connectivity index (χ4n) is 1.14. The Morgan fingerprint density at radius 2 is 1.15 bits per heavy atom. The van der Waals surface area contributed by atoms with E-state index in [1.807, 2.05) is 0 Å². The number of ether oxygens (including phenoxy) is 3. The Hall–Kier alpha value is -0.290. The standard InChI is InChI=1S/C5H7F3O2S.C4H5F3O2S.C4H8O.C3H6O2S.C2H3F3O.Na.H2O/c1-10-4(9)2-11-3-5(6,7)8;5-4(6,7)2-10-1-3(8)9;1-2-4-5-3-1;1-5-3(4)2-6;3-2(4,5)1-6;;/h2-3H2,1H3;1-2H2,(H,8,9);1-4H2;6H,2H2,1H3;6H,1H2;;1H2/q;;;;;+1;/p-1. The van der Waals surface area contributed by atoms with Crippen molar-refractivity contribution in [3.8, 4) is 0 Å². The molecule has 1 aliphatic heterocycles. The van der Waals surface area contributed by atoms with Crippen molar-refractivity contribution in [2.75, 3.05) is 62.8 Å². The number of carbonyl (C=O) groups is 3. The third-order valence-corrected chi connectivity index (χ3v) is 4.78. The maximum atomic E-state index is 11.4. The van der Waals surface area contributed by atoms with E-state index < -0.39 is 54.3 Å². The fraction of sp³-hybridized carbons (Fsp3) is 0.833. The number of thiol groups is 1. The van der Waals surface area contributed by atoms with Gasteiger partial charge in [0.2, 0.25) is 0 Å². The van der Waals surface area contributed by atoms with Crippen LogP contribution in [0.5, 0.6) is 0 Å². The topological polar surface area (TPSA) is 149 Å². The van der Waals surface area contributed by atoms with Crippen LogP contribution in [0, 0.1) is 0 Å². The van der Waals surface area contributed by atoms with Crippen LogP contribution in [-0.4, -0.2) is 115 Å². The number of aliphatic carboxylic acids is 1. The summed E-state index contributed by atoms with van der Waals surface area (Å²) >= 11 is 4.46. The van der Waals surface area contributed by atoms with Crippen LogP contribution in [0.15, 0.2) is 0 Å². The third kappa shape index (κ3) is 66.2. The molecule has 0 bridgehead atoms. The summed E-state index contributed by atoms with van der Waals surface area (Å²) < 4.78 is 113. The summed E-state index contributed by atoms with van der Waals surface area (Å²) in [6.45, 7) is 0.271. The van der Waals surface area contributed by atoms with Crippen LogP contribution >= 0.6 is 36.2 Å². The number of carboxylic acid groups (broad SMARTS) is 1. The molecular weight excluding hydrogens is 650 g/mol. The first-order valence-corrected chi connectivity index (χ1v) is 12.7. The second-order valence-corrected chi connectivity index (χ2v) is 8.30. The van der Waals surface area contributed by atoms with Gasteiger partial charge in [0.1, 0.15) is 6.61 Å². The van der Waals surface area contributed by atoms with Crippen molar-refractivity contribution in [3.05, 3.63) is 0 Å². The predicted octanol–water partition coefficient (Wildman–Crippen LogP) is 1.08. The minimum Gasteiger partial charge on any atom is -0.870 e. The van der Waals surface area contributed by atoms with Crippen LogP contribution in [0.2, 0.25) is 0 Å². The molecule has 40 heavy (non-hydrogen) atoms. The van der Waals surface area contributed by atoms with Crippen molar-refractivity contribution in [3.63, 3.8) is 0 Å². The number of alkyl halides is 9. The summed E-state index contributed by atoms with van der Waals surface area (Å²) in [5, 5.41) is 15.2. The molecule has 0 aromatic rings. The Kier molecular flexibility index (Phi) is 41.4. The number of carboxylic acids is 1. The van der Waals surface area contributed by atoms with E-state index in [1.54, 1.807) is 0 Å². The van der Waals surface area contributed by atoms with Gasteiger partial charge in [-0.1, -0.05) is 0 Å². The number of methoxy groups -OCH3 is 2. The zero-order chi connectivity index (χ0) is 30.8. The van der Waals surface area contributed by atoms with Crippen molar-refractivity contribution in [1.82, 2.24) is 0 Å². The Morgan fingerprint density at radius 1 is 0.800 bits per heavy atom.